The summed E-state index contributed by atoms with van der Waals surface area (Å²) in [5, 5.41) is 0. The molecule has 0 bridgehead atoms. The predicted octanol–water partition coefficient (Wildman–Crippen LogP) is 4.79. The number of amides is 1. The highest BCUT2D eigenvalue weighted by Gasteiger charge is 2.29. The average Bonchev–Trinajstić information content (AvgIpc) is 3.27. The molecule has 1 aliphatic heterocycles. The number of para-hydroxylation sites is 1. The van der Waals surface area contributed by atoms with Gasteiger partial charge in [0.25, 0.3) is 15.9 Å². The van der Waals surface area contributed by atoms with Crippen LogP contribution in [0.3, 0.4) is 0 Å². The largest absolute Gasteiger partial charge is 0.493 e. The van der Waals surface area contributed by atoms with Crippen molar-refractivity contribution in [1.29, 1.82) is 0 Å². The monoisotopic (exact) mass is 549 g/mol. The first-order valence-corrected chi connectivity index (χ1v) is 14.3. The number of allylic oxidation sites excluding steroid dienone is 1. The molecule has 0 spiro atoms. The minimum atomic E-state index is -3.77. The van der Waals surface area contributed by atoms with Gasteiger partial charge in [0.2, 0.25) is 0 Å². The van der Waals surface area contributed by atoms with Crippen LogP contribution >= 0.6 is 11.3 Å². The third kappa shape index (κ3) is 4.61. The summed E-state index contributed by atoms with van der Waals surface area (Å²) in [4.78, 5) is 18.1. The van der Waals surface area contributed by atoms with Crippen molar-refractivity contribution in [2.24, 2.45) is 4.99 Å². The van der Waals surface area contributed by atoms with Gasteiger partial charge in [-0.1, -0.05) is 35.6 Å². The summed E-state index contributed by atoms with van der Waals surface area (Å²) in [6.07, 6.45) is 3.33. The number of carbonyl (C=O) groups excluding carboxylic acids is 1. The van der Waals surface area contributed by atoms with Crippen molar-refractivity contribution < 1.29 is 22.7 Å². The van der Waals surface area contributed by atoms with Crippen LogP contribution in [0.15, 0.2) is 83.2 Å². The maximum atomic E-state index is 13.4. The van der Waals surface area contributed by atoms with Crippen LogP contribution in [0.25, 0.3) is 10.2 Å². The second-order valence-corrected chi connectivity index (χ2v) is 11.6. The second-order valence-electron chi connectivity index (χ2n) is 8.71. The highest BCUT2D eigenvalue weighted by Crippen LogP contribution is 2.34. The van der Waals surface area contributed by atoms with Crippen LogP contribution in [-0.4, -0.2) is 39.7 Å². The Hall–Kier alpha value is -3.89. The predicted molar refractivity (Wildman–Crippen MR) is 149 cm³/mol. The number of ether oxygens (including phenoxy) is 2. The summed E-state index contributed by atoms with van der Waals surface area (Å²) in [5.74, 6) is 0.681. The number of hydrogen-bond donors (Lipinski definition) is 0. The fraction of sp³-hybridized carbons (Fsp3) is 0.214. The zero-order valence-corrected chi connectivity index (χ0v) is 22.7. The minimum Gasteiger partial charge on any atom is -0.493 e. The van der Waals surface area contributed by atoms with Crippen LogP contribution in [0, 0.1) is 0 Å². The molecule has 8 nitrogen and oxygen atoms in total. The zero-order valence-electron chi connectivity index (χ0n) is 21.1. The molecule has 0 saturated carbocycles. The van der Waals surface area contributed by atoms with Crippen LogP contribution < -0.4 is 18.6 Å². The van der Waals surface area contributed by atoms with E-state index in [-0.39, 0.29) is 4.90 Å². The smallest absolute Gasteiger partial charge is 0.279 e. The SMILES string of the molecule is C=CCn1c(=NC(=O)c2ccc(S(=O)(=O)N3CCCc4ccccc43)cc2)sc2cc(OC)c(OC)cc21. The maximum absolute atomic E-state index is 13.4. The molecule has 0 fully saturated rings. The molecule has 196 valence electrons. The summed E-state index contributed by atoms with van der Waals surface area (Å²) in [7, 11) is -0.634. The van der Waals surface area contributed by atoms with E-state index in [1.165, 1.54) is 39.9 Å². The molecule has 0 atom stereocenters. The van der Waals surface area contributed by atoms with E-state index in [1.54, 1.807) is 20.3 Å². The highest BCUT2D eigenvalue weighted by atomic mass is 32.2. The van der Waals surface area contributed by atoms with Crippen molar-refractivity contribution >= 4 is 43.2 Å². The Labute approximate surface area is 225 Å². The number of carbonyl (C=O) groups is 1. The van der Waals surface area contributed by atoms with E-state index < -0.39 is 15.9 Å². The molecule has 0 unspecified atom stereocenters. The summed E-state index contributed by atoms with van der Waals surface area (Å²) >= 11 is 1.34. The third-order valence-electron chi connectivity index (χ3n) is 6.45. The van der Waals surface area contributed by atoms with E-state index >= 15 is 0 Å². The van der Waals surface area contributed by atoms with Gasteiger partial charge < -0.3 is 14.0 Å². The van der Waals surface area contributed by atoms with E-state index in [0.29, 0.717) is 40.6 Å². The van der Waals surface area contributed by atoms with Gasteiger partial charge in [0, 0.05) is 30.8 Å². The van der Waals surface area contributed by atoms with Gasteiger partial charge in [-0.05, 0) is 48.7 Å². The Bertz CT molecular complexity index is 1700. The maximum Gasteiger partial charge on any atom is 0.279 e. The number of aromatic nitrogens is 1. The third-order valence-corrected chi connectivity index (χ3v) is 9.32. The normalized spacial score (nSPS) is 13.8. The van der Waals surface area contributed by atoms with Crippen molar-refractivity contribution in [3.8, 4) is 11.5 Å². The number of fused-ring (bicyclic) bond motifs is 2. The number of hydrogen-bond acceptors (Lipinski definition) is 6. The number of aryl methyl sites for hydroxylation is 1. The van der Waals surface area contributed by atoms with E-state index in [1.807, 2.05) is 41.0 Å². The number of sulfonamides is 1. The van der Waals surface area contributed by atoms with Gasteiger partial charge in [-0.15, -0.1) is 6.58 Å². The van der Waals surface area contributed by atoms with Crippen LogP contribution in [0.1, 0.15) is 22.3 Å². The van der Waals surface area contributed by atoms with Gasteiger partial charge in [0.05, 0.1) is 35.0 Å². The molecule has 0 radical (unpaired) electrons. The fourth-order valence-electron chi connectivity index (χ4n) is 4.58. The Morgan fingerprint density at radius 2 is 1.79 bits per heavy atom. The van der Waals surface area contributed by atoms with Gasteiger partial charge in [-0.3, -0.25) is 9.10 Å². The molecule has 0 saturated heterocycles. The molecule has 0 aliphatic carbocycles. The lowest BCUT2D eigenvalue weighted by atomic mass is 10.0. The number of thiazole rings is 1. The molecule has 38 heavy (non-hydrogen) atoms. The van der Waals surface area contributed by atoms with Crippen molar-refractivity contribution in [3.63, 3.8) is 0 Å². The van der Waals surface area contributed by atoms with Crippen LogP contribution in [-0.2, 0) is 23.0 Å². The summed E-state index contributed by atoms with van der Waals surface area (Å²) in [6, 6.07) is 17.2. The van der Waals surface area contributed by atoms with Gasteiger partial charge in [-0.25, -0.2) is 8.42 Å². The Morgan fingerprint density at radius 1 is 1.08 bits per heavy atom. The topological polar surface area (TPSA) is 90.2 Å². The van der Waals surface area contributed by atoms with Crippen molar-refractivity contribution in [3.05, 3.63) is 89.2 Å². The Morgan fingerprint density at radius 3 is 2.50 bits per heavy atom. The average molecular weight is 550 g/mol. The van der Waals surface area contributed by atoms with Gasteiger partial charge in [-0.2, -0.15) is 4.99 Å². The molecule has 3 aromatic carbocycles. The summed E-state index contributed by atoms with van der Waals surface area (Å²) in [5.41, 5.74) is 2.85. The minimum absolute atomic E-state index is 0.133. The van der Waals surface area contributed by atoms with Crippen LogP contribution in [0.2, 0.25) is 0 Å². The van der Waals surface area contributed by atoms with Crippen molar-refractivity contribution in [2.75, 3.05) is 25.1 Å². The second kappa shape index (κ2) is 10.5. The quantitative estimate of drug-likeness (QED) is 0.309. The van der Waals surface area contributed by atoms with Crippen LogP contribution in [0.4, 0.5) is 5.69 Å². The molecule has 0 N–H and O–H groups in total. The molecule has 1 aliphatic rings. The van der Waals surface area contributed by atoms with E-state index in [0.717, 1.165) is 28.6 Å². The zero-order chi connectivity index (χ0) is 26.9. The molecule has 1 aromatic heterocycles. The standard InChI is InChI=1S/C28H27N3O5S2/c1-4-15-30-23-17-24(35-2)25(36-3)18-26(23)37-28(30)29-27(32)20-11-13-21(14-12-20)38(33,34)31-16-7-9-19-8-5-6-10-22(19)31/h4-6,8,10-14,17-18H,1,7,9,15-16H2,2-3H3. The summed E-state index contributed by atoms with van der Waals surface area (Å²) in [6.45, 7) is 4.68. The van der Waals surface area contributed by atoms with E-state index in [4.69, 9.17) is 9.47 Å². The van der Waals surface area contributed by atoms with Crippen molar-refractivity contribution in [1.82, 2.24) is 4.57 Å². The Balaban J connectivity index is 1.48. The van der Waals surface area contributed by atoms with Gasteiger partial charge in [0.1, 0.15) is 0 Å². The van der Waals surface area contributed by atoms with Gasteiger partial charge >= 0.3 is 0 Å². The first-order chi connectivity index (χ1) is 18.4. The molecular weight excluding hydrogens is 522 g/mol. The number of methoxy groups -OCH3 is 2. The fourth-order valence-corrected chi connectivity index (χ4v) is 7.17. The van der Waals surface area contributed by atoms with Crippen molar-refractivity contribution in [2.45, 2.75) is 24.3 Å². The number of rotatable bonds is 7. The lowest BCUT2D eigenvalue weighted by Crippen LogP contribution is -2.35. The Kier molecular flexibility index (Phi) is 7.09. The molecule has 4 aromatic rings. The van der Waals surface area contributed by atoms with E-state index in [2.05, 4.69) is 11.6 Å². The first kappa shape index (κ1) is 25.7. The molecule has 5 rings (SSSR count). The lowest BCUT2D eigenvalue weighted by Gasteiger charge is -2.30. The van der Waals surface area contributed by atoms with Crippen LogP contribution in [0.5, 0.6) is 11.5 Å². The first-order valence-electron chi connectivity index (χ1n) is 12.0. The highest BCUT2D eigenvalue weighted by molar-refractivity contribution is 7.92. The number of nitrogens with zero attached hydrogens (tertiary/aromatic N) is 3. The number of benzene rings is 3. The van der Waals surface area contributed by atoms with Gasteiger partial charge in [0.15, 0.2) is 16.3 Å². The lowest BCUT2D eigenvalue weighted by molar-refractivity contribution is 0.0997. The molecular formula is C28H27N3O5S2. The molecule has 1 amide bonds. The molecule has 2 heterocycles. The van der Waals surface area contributed by atoms with E-state index in [9.17, 15) is 13.2 Å². The number of anilines is 1. The summed E-state index contributed by atoms with van der Waals surface area (Å²) < 4.78 is 41.9. The molecule has 10 heteroatoms.